The monoisotopic (exact) mass is 270 g/mol. The Balaban J connectivity index is 2.49. The van der Waals surface area contributed by atoms with E-state index in [-0.39, 0.29) is 5.91 Å². The number of hydrogen-bond donors (Lipinski definition) is 2. The lowest BCUT2D eigenvalue weighted by atomic mass is 10.2. The van der Waals surface area contributed by atoms with Crippen LogP contribution >= 0.6 is 23.8 Å². The minimum Gasteiger partial charge on any atom is -0.362 e. The molecular formula is C12H15ClN2OS. The first-order valence-electron chi connectivity index (χ1n) is 5.34. The van der Waals surface area contributed by atoms with Gasteiger partial charge in [0.2, 0.25) is 0 Å². The number of halogens is 1. The third kappa shape index (κ3) is 5.15. The van der Waals surface area contributed by atoms with Gasteiger partial charge in [0.15, 0.2) is 5.11 Å². The molecule has 0 saturated heterocycles. The minimum atomic E-state index is -0.233. The summed E-state index contributed by atoms with van der Waals surface area (Å²) < 4.78 is 0. The zero-order valence-electron chi connectivity index (χ0n) is 9.79. The fourth-order valence-corrected chi connectivity index (χ4v) is 1.42. The molecule has 0 fully saturated rings. The van der Waals surface area contributed by atoms with Gasteiger partial charge in [-0.05, 0) is 42.4 Å². The first-order valence-corrected chi connectivity index (χ1v) is 6.12. The molecule has 0 radical (unpaired) electrons. The molecule has 1 aromatic carbocycles. The maximum atomic E-state index is 11.7. The third-order valence-corrected chi connectivity index (χ3v) is 2.50. The van der Waals surface area contributed by atoms with Crippen LogP contribution in [-0.2, 0) is 0 Å². The summed E-state index contributed by atoms with van der Waals surface area (Å²) in [6.45, 7) is 4.87. The molecule has 0 aliphatic carbocycles. The predicted molar refractivity (Wildman–Crippen MR) is 74.4 cm³/mol. The summed E-state index contributed by atoms with van der Waals surface area (Å²) in [5.41, 5.74) is 0.531. The Hall–Kier alpha value is -1.13. The average molecular weight is 271 g/mol. The van der Waals surface area contributed by atoms with Crippen LogP contribution in [0.3, 0.4) is 0 Å². The maximum absolute atomic E-state index is 11.7. The van der Waals surface area contributed by atoms with Gasteiger partial charge in [-0.1, -0.05) is 25.4 Å². The number of amides is 1. The van der Waals surface area contributed by atoms with Crippen LogP contribution in [0.1, 0.15) is 24.2 Å². The van der Waals surface area contributed by atoms with Crippen molar-refractivity contribution in [3.05, 3.63) is 34.9 Å². The highest BCUT2D eigenvalue weighted by Crippen LogP contribution is 2.09. The molecular weight excluding hydrogens is 256 g/mol. The average Bonchev–Trinajstić information content (AvgIpc) is 2.27. The molecule has 0 bridgehead atoms. The Morgan fingerprint density at radius 1 is 1.35 bits per heavy atom. The fraction of sp³-hybridized carbons (Fsp3) is 0.333. The lowest BCUT2D eigenvalue weighted by molar-refractivity contribution is 0.0976. The molecule has 1 rings (SSSR count). The topological polar surface area (TPSA) is 41.1 Å². The van der Waals surface area contributed by atoms with Gasteiger partial charge in [-0.15, -0.1) is 0 Å². The molecule has 0 spiro atoms. The number of benzene rings is 1. The highest BCUT2D eigenvalue weighted by Gasteiger charge is 2.07. The Kier molecular flexibility index (Phi) is 5.38. The van der Waals surface area contributed by atoms with Crippen molar-refractivity contribution < 1.29 is 4.79 Å². The minimum absolute atomic E-state index is 0.233. The zero-order chi connectivity index (χ0) is 12.8. The van der Waals surface area contributed by atoms with Crippen molar-refractivity contribution in [1.82, 2.24) is 10.6 Å². The number of carbonyl (C=O) groups excluding carboxylic acids is 1. The van der Waals surface area contributed by atoms with Gasteiger partial charge >= 0.3 is 0 Å². The van der Waals surface area contributed by atoms with Crippen LogP contribution in [0.25, 0.3) is 0 Å². The van der Waals surface area contributed by atoms with E-state index in [1.165, 1.54) is 0 Å². The Bertz CT molecular complexity index is 403. The molecule has 0 saturated carbocycles. The normalized spacial score (nSPS) is 10.1. The van der Waals surface area contributed by atoms with E-state index < -0.39 is 0 Å². The summed E-state index contributed by atoms with van der Waals surface area (Å²) in [6, 6.07) is 6.65. The Labute approximate surface area is 112 Å². The number of rotatable bonds is 3. The summed E-state index contributed by atoms with van der Waals surface area (Å²) in [5.74, 6) is 0.239. The summed E-state index contributed by atoms with van der Waals surface area (Å²) in [7, 11) is 0. The van der Waals surface area contributed by atoms with Crippen LogP contribution in [0.4, 0.5) is 0 Å². The fourth-order valence-electron chi connectivity index (χ4n) is 1.12. The van der Waals surface area contributed by atoms with E-state index in [2.05, 4.69) is 24.5 Å². The summed E-state index contributed by atoms with van der Waals surface area (Å²) in [6.07, 6.45) is 0. The second kappa shape index (κ2) is 6.57. The van der Waals surface area contributed by atoms with Crippen molar-refractivity contribution in [3.8, 4) is 0 Å². The van der Waals surface area contributed by atoms with Gasteiger partial charge in [0, 0.05) is 17.1 Å². The molecule has 0 aliphatic heterocycles. The molecule has 0 unspecified atom stereocenters. The zero-order valence-corrected chi connectivity index (χ0v) is 11.4. The Morgan fingerprint density at radius 2 is 1.94 bits per heavy atom. The lowest BCUT2D eigenvalue weighted by Crippen LogP contribution is -2.40. The van der Waals surface area contributed by atoms with E-state index in [1.807, 2.05) is 0 Å². The maximum Gasteiger partial charge on any atom is 0.257 e. The molecule has 0 heterocycles. The van der Waals surface area contributed by atoms with Gasteiger partial charge in [-0.25, -0.2) is 0 Å². The van der Waals surface area contributed by atoms with Crippen molar-refractivity contribution in [2.45, 2.75) is 13.8 Å². The summed E-state index contributed by atoms with van der Waals surface area (Å²) in [5, 5.41) is 6.52. The van der Waals surface area contributed by atoms with Crippen LogP contribution in [0.2, 0.25) is 5.02 Å². The van der Waals surface area contributed by atoms with E-state index in [4.69, 9.17) is 23.8 Å². The largest absolute Gasteiger partial charge is 0.362 e. The van der Waals surface area contributed by atoms with Crippen molar-refractivity contribution in [1.29, 1.82) is 0 Å². The molecule has 3 nitrogen and oxygen atoms in total. The summed E-state index contributed by atoms with van der Waals surface area (Å²) in [4.78, 5) is 11.7. The standard InChI is InChI=1S/C12H15ClN2OS/c1-8(2)7-14-12(17)15-11(16)9-3-5-10(13)6-4-9/h3-6,8H,7H2,1-2H3,(H2,14,15,16,17). The number of carbonyl (C=O) groups is 1. The van der Waals surface area contributed by atoms with Crippen LogP contribution in [0.15, 0.2) is 24.3 Å². The van der Waals surface area contributed by atoms with Crippen LogP contribution < -0.4 is 10.6 Å². The van der Waals surface area contributed by atoms with Gasteiger partial charge in [-0.2, -0.15) is 0 Å². The smallest absolute Gasteiger partial charge is 0.257 e. The van der Waals surface area contributed by atoms with Crippen molar-refractivity contribution in [2.24, 2.45) is 5.92 Å². The molecule has 1 amide bonds. The highest BCUT2D eigenvalue weighted by atomic mass is 35.5. The second-order valence-electron chi connectivity index (χ2n) is 4.06. The molecule has 17 heavy (non-hydrogen) atoms. The molecule has 1 aromatic rings. The van der Waals surface area contributed by atoms with Gasteiger partial charge in [-0.3, -0.25) is 10.1 Å². The SMILES string of the molecule is CC(C)CNC(=S)NC(=O)c1ccc(Cl)cc1. The van der Waals surface area contributed by atoms with Crippen LogP contribution in [-0.4, -0.2) is 17.6 Å². The first kappa shape index (κ1) is 13.9. The van der Waals surface area contributed by atoms with Crippen LogP contribution in [0.5, 0.6) is 0 Å². The van der Waals surface area contributed by atoms with E-state index >= 15 is 0 Å². The predicted octanol–water partition coefficient (Wildman–Crippen LogP) is 2.60. The van der Waals surface area contributed by atoms with Crippen molar-refractivity contribution in [2.75, 3.05) is 6.54 Å². The van der Waals surface area contributed by atoms with Crippen LogP contribution in [0, 0.1) is 5.92 Å². The second-order valence-corrected chi connectivity index (χ2v) is 4.91. The van der Waals surface area contributed by atoms with E-state index in [1.54, 1.807) is 24.3 Å². The van der Waals surface area contributed by atoms with E-state index in [0.717, 1.165) is 6.54 Å². The van der Waals surface area contributed by atoms with Gasteiger partial charge in [0.05, 0.1) is 0 Å². The lowest BCUT2D eigenvalue weighted by Gasteiger charge is -2.11. The van der Waals surface area contributed by atoms with Gasteiger partial charge in [0.1, 0.15) is 0 Å². The molecule has 2 N–H and O–H groups in total. The molecule has 5 heteroatoms. The van der Waals surface area contributed by atoms with Gasteiger partial charge < -0.3 is 5.32 Å². The first-order chi connectivity index (χ1) is 7.99. The highest BCUT2D eigenvalue weighted by molar-refractivity contribution is 7.80. The molecule has 0 aliphatic rings. The van der Waals surface area contributed by atoms with E-state index in [9.17, 15) is 4.79 Å². The van der Waals surface area contributed by atoms with E-state index in [0.29, 0.717) is 21.6 Å². The molecule has 0 atom stereocenters. The Morgan fingerprint density at radius 3 is 2.47 bits per heavy atom. The number of nitrogens with one attached hydrogen (secondary N) is 2. The summed E-state index contributed by atoms with van der Waals surface area (Å²) >= 11 is 10.7. The van der Waals surface area contributed by atoms with Gasteiger partial charge in [0.25, 0.3) is 5.91 Å². The molecule has 0 aromatic heterocycles. The number of hydrogen-bond acceptors (Lipinski definition) is 2. The number of thiocarbonyl (C=S) groups is 1. The third-order valence-electron chi connectivity index (χ3n) is 2.00. The van der Waals surface area contributed by atoms with Crippen molar-refractivity contribution in [3.63, 3.8) is 0 Å². The quantitative estimate of drug-likeness (QED) is 0.830. The molecule has 92 valence electrons. The van der Waals surface area contributed by atoms with Crippen molar-refractivity contribution >= 4 is 34.8 Å².